The number of sulfone groups is 1. The van der Waals surface area contributed by atoms with Crippen molar-refractivity contribution in [3.8, 4) is 5.75 Å². The summed E-state index contributed by atoms with van der Waals surface area (Å²) in [6.07, 6.45) is 1.15. The molecule has 2 aromatic carbocycles. The van der Waals surface area contributed by atoms with Crippen molar-refractivity contribution in [2.45, 2.75) is 36.6 Å². The standard InChI is InChI=1S/C24H29N4O5PS/c1-15(2)35(31,32)21-9-7-6-8-19(21)28-22(29)12-16-14-25-24(27-23(16)28)26-18-11-10-17(34(4,5)30)13-20(18)33-3/h6-11,13-15,23H,12H2,1-5H3,(H2,25,26,27). The lowest BCUT2D eigenvalue weighted by atomic mass is 10.2. The average Bonchev–Trinajstić information content (AvgIpc) is 3.13. The molecular weight excluding hydrogens is 487 g/mol. The van der Waals surface area contributed by atoms with Crippen molar-refractivity contribution in [2.75, 3.05) is 30.7 Å². The molecule has 0 radical (unpaired) electrons. The van der Waals surface area contributed by atoms with Gasteiger partial charge in [-0.05, 0) is 57.5 Å². The Labute approximate surface area is 205 Å². The first-order chi connectivity index (χ1) is 16.4. The van der Waals surface area contributed by atoms with E-state index in [9.17, 15) is 17.8 Å². The second kappa shape index (κ2) is 9.17. The van der Waals surface area contributed by atoms with E-state index in [4.69, 9.17) is 4.74 Å². The number of hydrogen-bond donors (Lipinski definition) is 2. The molecule has 1 atom stereocenters. The monoisotopic (exact) mass is 516 g/mol. The quantitative estimate of drug-likeness (QED) is 0.567. The molecule has 1 fully saturated rings. The van der Waals surface area contributed by atoms with Crippen LogP contribution in [0, 0.1) is 0 Å². The Balaban J connectivity index is 1.70. The summed E-state index contributed by atoms with van der Waals surface area (Å²) in [7, 11) is -4.57. The molecule has 0 saturated carbocycles. The van der Waals surface area contributed by atoms with E-state index in [1.165, 1.54) is 18.1 Å². The highest BCUT2D eigenvalue weighted by Crippen LogP contribution is 2.39. The number of carbonyl (C=O) groups is 1. The topological polar surface area (TPSA) is 117 Å². The number of benzene rings is 2. The molecule has 4 rings (SSSR count). The van der Waals surface area contributed by atoms with E-state index in [-0.39, 0.29) is 17.2 Å². The Kier molecular flexibility index (Phi) is 6.55. The van der Waals surface area contributed by atoms with Gasteiger partial charge in [0.2, 0.25) is 11.9 Å². The molecule has 1 unspecified atom stereocenters. The third kappa shape index (κ3) is 4.73. The number of guanidine groups is 1. The van der Waals surface area contributed by atoms with E-state index < -0.39 is 28.4 Å². The van der Waals surface area contributed by atoms with Gasteiger partial charge in [0.1, 0.15) is 12.9 Å². The van der Waals surface area contributed by atoms with Crippen LogP contribution < -0.4 is 25.6 Å². The molecule has 2 aliphatic rings. The zero-order chi connectivity index (χ0) is 25.5. The molecule has 2 aromatic rings. The van der Waals surface area contributed by atoms with E-state index in [2.05, 4.69) is 15.6 Å². The fourth-order valence-electron chi connectivity index (χ4n) is 3.97. The van der Waals surface area contributed by atoms with Crippen molar-refractivity contribution < 1.29 is 22.5 Å². The molecule has 0 spiro atoms. The number of rotatable bonds is 6. The highest BCUT2D eigenvalue weighted by atomic mass is 32.2. The van der Waals surface area contributed by atoms with Gasteiger partial charge in [-0.15, -0.1) is 0 Å². The molecule has 2 heterocycles. The first-order valence-electron chi connectivity index (χ1n) is 11.1. The third-order valence-corrected chi connectivity index (χ3v) is 9.68. The summed E-state index contributed by atoms with van der Waals surface area (Å²) >= 11 is 0. The van der Waals surface area contributed by atoms with Crippen molar-refractivity contribution in [3.63, 3.8) is 0 Å². The first kappa shape index (κ1) is 25.0. The Bertz CT molecular complexity index is 1390. The Hall–Kier alpha value is -3.10. The lowest BCUT2D eigenvalue weighted by Gasteiger charge is -2.28. The van der Waals surface area contributed by atoms with Crippen LogP contribution in [0.3, 0.4) is 0 Å². The van der Waals surface area contributed by atoms with Gasteiger partial charge in [-0.3, -0.25) is 9.69 Å². The predicted octanol–water partition coefficient (Wildman–Crippen LogP) is 3.14. The highest BCUT2D eigenvalue weighted by Gasteiger charge is 2.40. The van der Waals surface area contributed by atoms with Crippen LogP contribution in [0.1, 0.15) is 20.3 Å². The maximum absolute atomic E-state index is 13.0. The number of ether oxygens (including phenoxy) is 1. The van der Waals surface area contributed by atoms with Crippen LogP contribution in [0.4, 0.5) is 11.4 Å². The minimum Gasteiger partial charge on any atom is -0.495 e. The zero-order valence-electron chi connectivity index (χ0n) is 20.3. The van der Waals surface area contributed by atoms with Gasteiger partial charge >= 0.3 is 0 Å². The van der Waals surface area contributed by atoms with Crippen LogP contribution in [0.25, 0.3) is 0 Å². The molecule has 1 saturated heterocycles. The number of methoxy groups -OCH3 is 1. The Morgan fingerprint density at radius 3 is 2.57 bits per heavy atom. The van der Waals surface area contributed by atoms with Crippen LogP contribution in [-0.2, 0) is 19.2 Å². The molecule has 0 aliphatic carbocycles. The molecule has 2 aliphatic heterocycles. The summed E-state index contributed by atoms with van der Waals surface area (Å²) in [5.41, 5.74) is 1.65. The molecule has 1 amide bonds. The second-order valence-electron chi connectivity index (χ2n) is 9.08. The molecule has 0 aromatic heterocycles. The van der Waals surface area contributed by atoms with Crippen molar-refractivity contribution >= 4 is 45.5 Å². The van der Waals surface area contributed by atoms with Crippen molar-refractivity contribution in [1.82, 2.24) is 5.32 Å². The largest absolute Gasteiger partial charge is 0.495 e. The summed E-state index contributed by atoms with van der Waals surface area (Å²) < 4.78 is 43.9. The zero-order valence-corrected chi connectivity index (χ0v) is 22.0. The molecule has 0 bridgehead atoms. The van der Waals surface area contributed by atoms with E-state index in [0.29, 0.717) is 28.4 Å². The Morgan fingerprint density at radius 1 is 1.20 bits per heavy atom. The van der Waals surface area contributed by atoms with Gasteiger partial charge in [-0.1, -0.05) is 12.1 Å². The maximum atomic E-state index is 13.0. The van der Waals surface area contributed by atoms with Gasteiger partial charge in [0, 0.05) is 17.1 Å². The number of amides is 1. The number of nitrogens with zero attached hydrogens (tertiary/aromatic N) is 2. The molecule has 2 N–H and O–H groups in total. The van der Waals surface area contributed by atoms with Crippen LogP contribution in [0.5, 0.6) is 5.75 Å². The summed E-state index contributed by atoms with van der Waals surface area (Å²) in [6, 6.07) is 11.8. The molecule has 9 nitrogen and oxygen atoms in total. The SMILES string of the molecule is COc1cc(P(C)(C)=O)ccc1NC1=NC2C(=CN1)CC(=O)N2c1ccccc1S(=O)(=O)C(C)C. The van der Waals surface area contributed by atoms with E-state index >= 15 is 0 Å². The van der Waals surface area contributed by atoms with E-state index in [0.717, 1.165) is 5.57 Å². The minimum absolute atomic E-state index is 0.105. The number of para-hydroxylation sites is 1. The number of aliphatic imine (C=N–C) groups is 1. The maximum Gasteiger partial charge on any atom is 0.233 e. The second-order valence-corrected chi connectivity index (χ2v) is 14.8. The van der Waals surface area contributed by atoms with Gasteiger partial charge in [0.05, 0.1) is 35.1 Å². The fraction of sp³-hybridized carbons (Fsp3) is 0.333. The molecule has 186 valence electrons. The van der Waals surface area contributed by atoms with Gasteiger partial charge in [0.25, 0.3) is 0 Å². The van der Waals surface area contributed by atoms with Crippen molar-refractivity contribution in [2.24, 2.45) is 4.99 Å². The number of nitrogens with one attached hydrogen (secondary N) is 2. The lowest BCUT2D eigenvalue weighted by molar-refractivity contribution is -0.117. The Morgan fingerprint density at radius 2 is 1.91 bits per heavy atom. The summed E-state index contributed by atoms with van der Waals surface area (Å²) in [6.45, 7) is 6.61. The van der Waals surface area contributed by atoms with E-state index in [1.54, 1.807) is 69.8 Å². The van der Waals surface area contributed by atoms with Gasteiger partial charge in [-0.25, -0.2) is 13.4 Å². The average molecular weight is 517 g/mol. The lowest BCUT2D eigenvalue weighted by Crippen LogP contribution is -2.40. The van der Waals surface area contributed by atoms with E-state index in [1.807, 2.05) is 0 Å². The van der Waals surface area contributed by atoms with Gasteiger partial charge in [-0.2, -0.15) is 0 Å². The molecule has 35 heavy (non-hydrogen) atoms. The number of hydrogen-bond acceptors (Lipinski definition) is 8. The smallest absolute Gasteiger partial charge is 0.233 e. The van der Waals surface area contributed by atoms with Crippen molar-refractivity contribution in [3.05, 3.63) is 54.2 Å². The minimum atomic E-state index is -3.63. The number of anilines is 2. The van der Waals surface area contributed by atoms with Crippen LogP contribution in [-0.4, -0.2) is 52.1 Å². The van der Waals surface area contributed by atoms with Gasteiger partial charge < -0.3 is 19.9 Å². The van der Waals surface area contributed by atoms with Crippen molar-refractivity contribution in [1.29, 1.82) is 0 Å². The van der Waals surface area contributed by atoms with Crippen LogP contribution in [0.15, 0.2) is 64.1 Å². The normalized spacial score (nSPS) is 18.1. The van der Waals surface area contributed by atoms with Crippen LogP contribution >= 0.6 is 7.14 Å². The van der Waals surface area contributed by atoms with Crippen LogP contribution in [0.2, 0.25) is 0 Å². The predicted molar refractivity (Wildman–Crippen MR) is 139 cm³/mol. The highest BCUT2D eigenvalue weighted by molar-refractivity contribution is 7.92. The van der Waals surface area contributed by atoms with Gasteiger partial charge in [0.15, 0.2) is 16.0 Å². The summed E-state index contributed by atoms with van der Waals surface area (Å²) in [5, 5.41) is 6.28. The molecule has 11 heteroatoms. The summed E-state index contributed by atoms with van der Waals surface area (Å²) in [5.74, 6) is 0.631. The fourth-order valence-corrected chi connectivity index (χ4v) is 6.07. The number of fused-ring (bicyclic) bond motifs is 1. The first-order valence-corrected chi connectivity index (χ1v) is 15.3. The molecular formula is C24H29N4O5PS. The third-order valence-electron chi connectivity index (χ3n) is 5.96. The summed E-state index contributed by atoms with van der Waals surface area (Å²) in [4.78, 5) is 19.2. The number of carbonyl (C=O) groups excluding carboxylic acids is 1.